The molecule has 1 aliphatic rings. The average molecular weight is 342 g/mol. The number of hydrogen-bond donors (Lipinski definition) is 1. The van der Waals surface area contributed by atoms with Gasteiger partial charge in [0.05, 0.1) is 6.04 Å². The van der Waals surface area contributed by atoms with Gasteiger partial charge >= 0.3 is 0 Å². The smallest absolute Gasteiger partial charge is 0.252 e. The molecule has 3 nitrogen and oxygen atoms in total. The molecular weight excluding hydrogens is 320 g/mol. The summed E-state index contributed by atoms with van der Waals surface area (Å²) in [5, 5.41) is 3.25. The summed E-state index contributed by atoms with van der Waals surface area (Å²) in [7, 11) is 0. The van der Waals surface area contributed by atoms with Crippen molar-refractivity contribution in [2.75, 3.05) is 11.4 Å². The first-order valence-electron chi connectivity index (χ1n) is 9.02. The first-order chi connectivity index (χ1) is 12.7. The maximum atomic E-state index is 12.9. The zero-order chi connectivity index (χ0) is 18.1. The second-order valence-electron chi connectivity index (χ2n) is 6.63. The summed E-state index contributed by atoms with van der Waals surface area (Å²) in [4.78, 5) is 15.2. The molecule has 1 N–H and O–H groups in total. The van der Waals surface area contributed by atoms with Crippen LogP contribution in [0.5, 0.6) is 0 Å². The summed E-state index contributed by atoms with van der Waals surface area (Å²) < 4.78 is 0. The Morgan fingerprint density at radius 3 is 1.96 bits per heavy atom. The quantitative estimate of drug-likeness (QED) is 0.727. The minimum atomic E-state index is -0.154. The van der Waals surface area contributed by atoms with Crippen molar-refractivity contribution in [3.63, 3.8) is 0 Å². The maximum absolute atomic E-state index is 12.9. The second kappa shape index (κ2) is 6.68. The van der Waals surface area contributed by atoms with Gasteiger partial charge in [0.15, 0.2) is 0 Å². The van der Waals surface area contributed by atoms with Gasteiger partial charge in [-0.2, -0.15) is 0 Å². The lowest BCUT2D eigenvalue weighted by Crippen LogP contribution is -2.35. The van der Waals surface area contributed by atoms with Crippen molar-refractivity contribution >= 4 is 17.3 Å². The summed E-state index contributed by atoms with van der Waals surface area (Å²) in [5.74, 6) is -0.0513. The monoisotopic (exact) mass is 342 g/mol. The number of hydrogen-bond acceptors (Lipinski definition) is 2. The molecule has 1 heterocycles. The molecule has 0 unspecified atom stereocenters. The number of amides is 1. The van der Waals surface area contributed by atoms with E-state index in [4.69, 9.17) is 0 Å². The maximum Gasteiger partial charge on any atom is 0.252 e. The van der Waals surface area contributed by atoms with Crippen molar-refractivity contribution in [1.29, 1.82) is 0 Å². The van der Waals surface area contributed by atoms with Gasteiger partial charge in [-0.1, -0.05) is 54.1 Å². The molecule has 0 spiro atoms. The Morgan fingerprint density at radius 1 is 0.885 bits per heavy atom. The molecule has 0 radical (unpaired) electrons. The highest BCUT2D eigenvalue weighted by Crippen LogP contribution is 2.43. The Kier molecular flexibility index (Phi) is 4.21. The molecule has 0 saturated heterocycles. The van der Waals surface area contributed by atoms with Crippen LogP contribution in [-0.2, 0) is 0 Å². The molecular formula is C23H22N2O. The molecule has 3 heteroatoms. The van der Waals surface area contributed by atoms with E-state index in [0.29, 0.717) is 5.56 Å². The number of rotatable bonds is 3. The van der Waals surface area contributed by atoms with Gasteiger partial charge in [0.2, 0.25) is 0 Å². The van der Waals surface area contributed by atoms with E-state index >= 15 is 0 Å². The summed E-state index contributed by atoms with van der Waals surface area (Å²) in [6.07, 6.45) is 0. The number of nitrogens with one attached hydrogen (secondary N) is 1. The highest BCUT2D eigenvalue weighted by molar-refractivity contribution is 5.95. The van der Waals surface area contributed by atoms with E-state index in [1.165, 1.54) is 0 Å². The Hall–Kier alpha value is -3.07. The Labute approximate surface area is 154 Å². The predicted molar refractivity (Wildman–Crippen MR) is 106 cm³/mol. The molecule has 0 bridgehead atoms. The van der Waals surface area contributed by atoms with Crippen molar-refractivity contribution in [2.45, 2.75) is 19.9 Å². The Morgan fingerprint density at radius 2 is 1.42 bits per heavy atom. The van der Waals surface area contributed by atoms with E-state index in [0.717, 1.165) is 34.6 Å². The fourth-order valence-electron chi connectivity index (χ4n) is 3.67. The van der Waals surface area contributed by atoms with Crippen LogP contribution in [0.2, 0.25) is 0 Å². The molecule has 0 aromatic heterocycles. The van der Waals surface area contributed by atoms with Crippen molar-refractivity contribution in [3.8, 4) is 0 Å². The highest BCUT2D eigenvalue weighted by Gasteiger charge is 2.30. The van der Waals surface area contributed by atoms with Gasteiger partial charge in [0, 0.05) is 34.6 Å². The van der Waals surface area contributed by atoms with E-state index in [1.54, 1.807) is 0 Å². The first-order valence-corrected chi connectivity index (χ1v) is 9.02. The lowest BCUT2D eigenvalue weighted by molar-refractivity contribution is 0.0943. The molecule has 26 heavy (non-hydrogen) atoms. The fraction of sp³-hybridized carbons (Fsp3) is 0.174. The third-order valence-corrected chi connectivity index (χ3v) is 4.98. The number of carbonyl (C=O) groups excluding carboxylic acids is 1. The molecule has 0 aliphatic carbocycles. The molecule has 4 rings (SSSR count). The van der Waals surface area contributed by atoms with E-state index < -0.39 is 0 Å². The summed E-state index contributed by atoms with van der Waals surface area (Å²) >= 11 is 0. The van der Waals surface area contributed by atoms with Crippen LogP contribution in [0.1, 0.15) is 40.0 Å². The van der Waals surface area contributed by atoms with E-state index in [1.807, 2.05) is 55.5 Å². The highest BCUT2D eigenvalue weighted by atomic mass is 16.1. The van der Waals surface area contributed by atoms with Crippen LogP contribution in [0.4, 0.5) is 11.4 Å². The normalized spacial score (nSPS) is 13.1. The summed E-state index contributed by atoms with van der Waals surface area (Å²) in [6, 6.07) is 24.2. The number of nitrogens with zero attached hydrogens (tertiary/aromatic N) is 1. The number of carbonyl (C=O) groups is 1. The number of aryl methyl sites for hydroxylation is 1. The van der Waals surface area contributed by atoms with Crippen molar-refractivity contribution in [3.05, 3.63) is 95.1 Å². The third kappa shape index (κ3) is 2.76. The van der Waals surface area contributed by atoms with Crippen molar-refractivity contribution in [2.24, 2.45) is 0 Å². The Bertz CT molecular complexity index is 899. The van der Waals surface area contributed by atoms with Crippen LogP contribution in [0.3, 0.4) is 0 Å². The van der Waals surface area contributed by atoms with Gasteiger partial charge in [0.25, 0.3) is 5.91 Å². The lowest BCUT2D eigenvalue weighted by Gasteiger charge is -2.37. The number of para-hydroxylation sites is 2. The van der Waals surface area contributed by atoms with Crippen LogP contribution in [0, 0.1) is 6.92 Å². The molecule has 1 aliphatic heterocycles. The molecule has 0 saturated carbocycles. The first kappa shape index (κ1) is 16.4. The van der Waals surface area contributed by atoms with Crippen molar-refractivity contribution < 1.29 is 4.79 Å². The van der Waals surface area contributed by atoms with Gasteiger partial charge in [0.1, 0.15) is 0 Å². The van der Waals surface area contributed by atoms with Crippen LogP contribution in [0.15, 0.2) is 72.8 Å². The zero-order valence-electron chi connectivity index (χ0n) is 15.1. The van der Waals surface area contributed by atoms with E-state index in [-0.39, 0.29) is 11.9 Å². The molecule has 0 fully saturated rings. The van der Waals surface area contributed by atoms with Crippen LogP contribution < -0.4 is 10.2 Å². The minimum Gasteiger partial charge on any atom is -0.341 e. The Balaban J connectivity index is 1.76. The molecule has 3 aromatic carbocycles. The molecule has 1 amide bonds. The van der Waals surface area contributed by atoms with Gasteiger partial charge in [-0.25, -0.2) is 0 Å². The van der Waals surface area contributed by atoms with Crippen LogP contribution >= 0.6 is 0 Å². The fourth-order valence-corrected chi connectivity index (χ4v) is 3.67. The number of fused-ring (bicyclic) bond motifs is 2. The zero-order valence-corrected chi connectivity index (χ0v) is 15.1. The van der Waals surface area contributed by atoms with Gasteiger partial charge in [-0.15, -0.1) is 0 Å². The molecule has 130 valence electrons. The van der Waals surface area contributed by atoms with Crippen LogP contribution in [-0.4, -0.2) is 12.5 Å². The van der Waals surface area contributed by atoms with Crippen LogP contribution in [0.25, 0.3) is 0 Å². The van der Waals surface area contributed by atoms with Gasteiger partial charge < -0.3 is 10.2 Å². The van der Waals surface area contributed by atoms with E-state index in [2.05, 4.69) is 41.4 Å². The SMILES string of the molecule is CCN1c2ccccc2C(NC(=O)c2ccc(C)cc2)c2ccccc21. The lowest BCUT2D eigenvalue weighted by atomic mass is 9.90. The predicted octanol–water partition coefficient (Wildman–Crippen LogP) is 4.99. The summed E-state index contributed by atoms with van der Waals surface area (Å²) in [5.41, 5.74) is 6.41. The number of anilines is 2. The minimum absolute atomic E-state index is 0.0513. The standard InChI is InChI=1S/C23H22N2O/c1-3-25-20-10-6-4-8-18(20)22(19-9-5-7-11-21(19)25)24-23(26)17-14-12-16(2)13-15-17/h4-15,22H,3H2,1-2H3,(H,24,26). The number of benzene rings is 3. The largest absolute Gasteiger partial charge is 0.341 e. The molecule has 0 atom stereocenters. The second-order valence-corrected chi connectivity index (χ2v) is 6.63. The van der Waals surface area contributed by atoms with Gasteiger partial charge in [-0.3, -0.25) is 4.79 Å². The summed E-state index contributed by atoms with van der Waals surface area (Å²) in [6.45, 7) is 5.06. The van der Waals surface area contributed by atoms with Crippen molar-refractivity contribution in [1.82, 2.24) is 5.32 Å². The van der Waals surface area contributed by atoms with E-state index in [9.17, 15) is 4.79 Å². The molecule has 3 aromatic rings. The van der Waals surface area contributed by atoms with Gasteiger partial charge in [-0.05, 0) is 38.1 Å². The topological polar surface area (TPSA) is 32.3 Å². The third-order valence-electron chi connectivity index (χ3n) is 4.98. The average Bonchev–Trinajstić information content (AvgIpc) is 2.68.